The Labute approximate surface area is 126 Å². The van der Waals surface area contributed by atoms with Crippen molar-refractivity contribution in [3.8, 4) is 22.4 Å². The van der Waals surface area contributed by atoms with Gasteiger partial charge in [0.2, 0.25) is 0 Å². The number of hydrogen-bond donors (Lipinski definition) is 2. The van der Waals surface area contributed by atoms with Gasteiger partial charge in [-0.15, -0.1) is 0 Å². The van der Waals surface area contributed by atoms with Gasteiger partial charge >= 0.3 is 0 Å². The second kappa shape index (κ2) is 5.00. The van der Waals surface area contributed by atoms with Crippen molar-refractivity contribution >= 4 is 11.0 Å². The molecule has 0 unspecified atom stereocenters. The van der Waals surface area contributed by atoms with E-state index in [0.29, 0.717) is 11.0 Å². The Morgan fingerprint density at radius 2 is 1.41 bits per heavy atom. The average molecular weight is 287 g/mol. The van der Waals surface area contributed by atoms with Crippen LogP contribution >= 0.6 is 0 Å². The molecule has 0 amide bonds. The van der Waals surface area contributed by atoms with Crippen molar-refractivity contribution in [2.75, 3.05) is 0 Å². The molecule has 4 aromatic rings. The SMILES string of the molecule is O=c1[nH][nH]c2nc(-c3ccccc3)cc(-c3ccccc3)c12. The molecule has 0 bridgehead atoms. The highest BCUT2D eigenvalue weighted by molar-refractivity contribution is 5.94. The molecular weight excluding hydrogens is 274 g/mol. The molecule has 0 atom stereocenters. The number of benzene rings is 2. The molecule has 0 aliphatic heterocycles. The zero-order valence-electron chi connectivity index (χ0n) is 11.7. The van der Waals surface area contributed by atoms with E-state index in [4.69, 9.17) is 0 Å². The molecule has 2 N–H and O–H groups in total. The summed E-state index contributed by atoms with van der Waals surface area (Å²) in [7, 11) is 0. The lowest BCUT2D eigenvalue weighted by Gasteiger charge is -2.06. The van der Waals surface area contributed by atoms with Crippen LogP contribution in [0.5, 0.6) is 0 Å². The van der Waals surface area contributed by atoms with Gasteiger partial charge in [0.1, 0.15) is 0 Å². The van der Waals surface area contributed by atoms with Gasteiger partial charge in [0.15, 0.2) is 5.65 Å². The summed E-state index contributed by atoms with van der Waals surface area (Å²) in [6.07, 6.45) is 0. The lowest BCUT2D eigenvalue weighted by molar-refractivity contribution is 1.06. The number of H-pyrrole nitrogens is 2. The van der Waals surface area contributed by atoms with Gasteiger partial charge in [0.25, 0.3) is 5.56 Å². The van der Waals surface area contributed by atoms with E-state index in [2.05, 4.69) is 15.2 Å². The van der Waals surface area contributed by atoms with E-state index in [-0.39, 0.29) is 5.56 Å². The minimum absolute atomic E-state index is 0.152. The van der Waals surface area contributed by atoms with Crippen LogP contribution in [0.1, 0.15) is 0 Å². The minimum atomic E-state index is -0.152. The summed E-state index contributed by atoms with van der Waals surface area (Å²) >= 11 is 0. The van der Waals surface area contributed by atoms with Crippen LogP contribution in [-0.4, -0.2) is 15.2 Å². The molecule has 0 radical (unpaired) electrons. The van der Waals surface area contributed by atoms with Gasteiger partial charge < -0.3 is 0 Å². The monoisotopic (exact) mass is 287 g/mol. The maximum atomic E-state index is 12.1. The third-order valence-corrected chi connectivity index (χ3v) is 3.70. The van der Waals surface area contributed by atoms with Gasteiger partial charge in [0.05, 0.1) is 11.1 Å². The summed E-state index contributed by atoms with van der Waals surface area (Å²) < 4.78 is 0. The number of aromatic nitrogens is 3. The summed E-state index contributed by atoms with van der Waals surface area (Å²) in [6.45, 7) is 0. The fourth-order valence-electron chi connectivity index (χ4n) is 2.65. The first-order valence-corrected chi connectivity index (χ1v) is 7.05. The lowest BCUT2D eigenvalue weighted by atomic mass is 10.0. The molecule has 0 saturated heterocycles. The Hall–Kier alpha value is -3.14. The number of nitrogens with zero attached hydrogens (tertiary/aromatic N) is 1. The zero-order valence-corrected chi connectivity index (χ0v) is 11.7. The number of hydrogen-bond acceptors (Lipinski definition) is 2. The summed E-state index contributed by atoms with van der Waals surface area (Å²) in [5.74, 6) is 0. The third kappa shape index (κ3) is 2.02. The van der Waals surface area contributed by atoms with Crippen molar-refractivity contribution in [3.05, 3.63) is 77.1 Å². The van der Waals surface area contributed by atoms with Gasteiger partial charge in [-0.1, -0.05) is 60.7 Å². The molecule has 0 aliphatic rings. The van der Waals surface area contributed by atoms with Gasteiger partial charge in [-0.25, -0.2) is 4.98 Å². The zero-order chi connectivity index (χ0) is 14.9. The van der Waals surface area contributed by atoms with E-state index in [1.165, 1.54) is 0 Å². The Morgan fingerprint density at radius 1 is 0.773 bits per heavy atom. The molecule has 0 saturated carbocycles. The highest BCUT2D eigenvalue weighted by atomic mass is 16.1. The quantitative estimate of drug-likeness (QED) is 0.592. The minimum Gasteiger partial charge on any atom is -0.281 e. The Morgan fingerprint density at radius 3 is 2.09 bits per heavy atom. The molecule has 0 spiro atoms. The van der Waals surface area contributed by atoms with Crippen LogP contribution in [0.25, 0.3) is 33.4 Å². The lowest BCUT2D eigenvalue weighted by Crippen LogP contribution is -2.00. The summed E-state index contributed by atoms with van der Waals surface area (Å²) in [4.78, 5) is 16.7. The molecule has 4 heteroatoms. The average Bonchev–Trinajstić information content (AvgIpc) is 2.97. The number of nitrogens with one attached hydrogen (secondary N) is 2. The molecule has 2 aromatic carbocycles. The Balaban J connectivity index is 2.05. The fourth-order valence-corrected chi connectivity index (χ4v) is 2.65. The molecule has 2 aromatic heterocycles. The van der Waals surface area contributed by atoms with Gasteiger partial charge in [-0.2, -0.15) is 0 Å². The second-order valence-corrected chi connectivity index (χ2v) is 5.09. The summed E-state index contributed by atoms with van der Waals surface area (Å²) in [5.41, 5.74) is 4.15. The Kier molecular flexibility index (Phi) is 2.86. The van der Waals surface area contributed by atoms with E-state index >= 15 is 0 Å². The maximum absolute atomic E-state index is 12.1. The van der Waals surface area contributed by atoms with Crippen molar-refractivity contribution in [2.24, 2.45) is 0 Å². The van der Waals surface area contributed by atoms with Crippen molar-refractivity contribution in [1.29, 1.82) is 0 Å². The number of rotatable bonds is 2. The van der Waals surface area contributed by atoms with Gasteiger partial charge in [-0.3, -0.25) is 15.0 Å². The molecule has 2 heterocycles. The van der Waals surface area contributed by atoms with Crippen molar-refractivity contribution in [2.45, 2.75) is 0 Å². The molecule has 4 rings (SSSR count). The second-order valence-electron chi connectivity index (χ2n) is 5.09. The predicted molar refractivity (Wildman–Crippen MR) is 87.6 cm³/mol. The van der Waals surface area contributed by atoms with Crippen LogP contribution in [0.4, 0.5) is 0 Å². The molecule has 0 aliphatic carbocycles. The van der Waals surface area contributed by atoms with E-state index in [9.17, 15) is 4.79 Å². The van der Waals surface area contributed by atoms with Crippen molar-refractivity contribution in [3.63, 3.8) is 0 Å². The predicted octanol–water partition coefficient (Wildman–Crippen LogP) is 3.59. The fraction of sp³-hybridized carbons (Fsp3) is 0. The van der Waals surface area contributed by atoms with E-state index < -0.39 is 0 Å². The first kappa shape index (κ1) is 12.6. The summed E-state index contributed by atoms with van der Waals surface area (Å²) in [5, 5.41) is 6.07. The molecule has 22 heavy (non-hydrogen) atoms. The number of fused-ring (bicyclic) bond motifs is 1. The number of aromatic amines is 2. The normalized spacial score (nSPS) is 10.9. The van der Waals surface area contributed by atoms with Crippen LogP contribution in [0.2, 0.25) is 0 Å². The topological polar surface area (TPSA) is 61.5 Å². The Bertz CT molecular complexity index is 985. The first-order valence-electron chi connectivity index (χ1n) is 7.05. The van der Waals surface area contributed by atoms with E-state index in [1.807, 2.05) is 66.7 Å². The van der Waals surface area contributed by atoms with Crippen LogP contribution in [0.3, 0.4) is 0 Å². The maximum Gasteiger partial charge on any atom is 0.274 e. The van der Waals surface area contributed by atoms with Crippen LogP contribution in [0.15, 0.2) is 71.5 Å². The third-order valence-electron chi connectivity index (χ3n) is 3.70. The van der Waals surface area contributed by atoms with Gasteiger partial charge in [-0.05, 0) is 11.6 Å². The number of pyridine rings is 1. The standard InChI is InChI=1S/C18H13N3O/c22-18-16-14(12-7-3-1-4-8-12)11-15(19-17(16)20-21-18)13-9-5-2-6-10-13/h1-11H,(H2,19,20,21,22). The van der Waals surface area contributed by atoms with Crippen LogP contribution < -0.4 is 5.56 Å². The first-order chi connectivity index (χ1) is 10.8. The van der Waals surface area contributed by atoms with Gasteiger partial charge in [0, 0.05) is 11.1 Å². The largest absolute Gasteiger partial charge is 0.281 e. The van der Waals surface area contributed by atoms with E-state index in [0.717, 1.165) is 22.4 Å². The van der Waals surface area contributed by atoms with Crippen LogP contribution in [-0.2, 0) is 0 Å². The highest BCUT2D eigenvalue weighted by Gasteiger charge is 2.13. The van der Waals surface area contributed by atoms with Crippen molar-refractivity contribution in [1.82, 2.24) is 15.2 Å². The molecule has 0 fully saturated rings. The molecule has 4 nitrogen and oxygen atoms in total. The van der Waals surface area contributed by atoms with E-state index in [1.54, 1.807) is 0 Å². The molecule has 106 valence electrons. The summed E-state index contributed by atoms with van der Waals surface area (Å²) in [6, 6.07) is 21.8. The smallest absolute Gasteiger partial charge is 0.274 e. The van der Waals surface area contributed by atoms with Crippen LogP contribution in [0, 0.1) is 0 Å². The van der Waals surface area contributed by atoms with Crippen molar-refractivity contribution < 1.29 is 0 Å². The highest BCUT2D eigenvalue weighted by Crippen LogP contribution is 2.29. The molecular formula is C18H13N3O.